The molecular weight excluding hydrogens is 384 g/mol. The molecule has 4 rings (SSSR count). The van der Waals surface area contributed by atoms with E-state index >= 15 is 0 Å². The summed E-state index contributed by atoms with van der Waals surface area (Å²) in [6.45, 7) is 0.554. The smallest absolute Gasteiger partial charge is 0.261 e. The zero-order chi connectivity index (χ0) is 17.6. The van der Waals surface area contributed by atoms with Crippen molar-refractivity contribution < 1.29 is 18.0 Å². The number of nitrogens with zero attached hydrogens (tertiary/aromatic N) is 4. The summed E-state index contributed by atoms with van der Waals surface area (Å²) in [5.74, 6) is -0.135. The van der Waals surface area contributed by atoms with Crippen LogP contribution >= 0.6 is 23.5 Å². The molecule has 11 heteroatoms. The van der Waals surface area contributed by atoms with Gasteiger partial charge in [0.25, 0.3) is 21.8 Å². The number of carbonyl (C=O) groups excluding carboxylic acids is 2. The molecule has 3 heterocycles. The summed E-state index contributed by atoms with van der Waals surface area (Å²) in [6, 6.07) is 6.76. The van der Waals surface area contributed by atoms with Gasteiger partial charge in [0.2, 0.25) is 5.17 Å². The molecule has 130 valence electrons. The lowest BCUT2D eigenvalue weighted by atomic mass is 10.1. The van der Waals surface area contributed by atoms with Crippen molar-refractivity contribution in [2.75, 3.05) is 24.6 Å². The van der Waals surface area contributed by atoms with Gasteiger partial charge in [0.05, 0.1) is 23.4 Å². The topological polar surface area (TPSA) is 99.5 Å². The quantitative estimate of drug-likeness (QED) is 0.704. The molecule has 1 aromatic carbocycles. The maximum atomic E-state index is 12.3. The number of hydrazone groups is 1. The summed E-state index contributed by atoms with van der Waals surface area (Å²) in [4.78, 5) is 25.8. The van der Waals surface area contributed by atoms with Gasteiger partial charge < -0.3 is 0 Å². The van der Waals surface area contributed by atoms with E-state index in [4.69, 9.17) is 0 Å². The lowest BCUT2D eigenvalue weighted by Crippen LogP contribution is -2.32. The van der Waals surface area contributed by atoms with Gasteiger partial charge in [-0.25, -0.2) is 13.4 Å². The molecule has 0 radical (unpaired) electrons. The summed E-state index contributed by atoms with van der Waals surface area (Å²) >= 11 is 2.56. The standard InChI is InChI=1S/C14H12N4O4S3/c19-11-9-3-1-2-4-10(9)12(20)17(11)5-7-23-14-15-18-6-8-25(21,22)16-13(18)24-14/h1-4H,5-8H2. The van der Waals surface area contributed by atoms with E-state index in [-0.39, 0.29) is 30.7 Å². The molecule has 25 heavy (non-hydrogen) atoms. The molecule has 0 aromatic heterocycles. The van der Waals surface area contributed by atoms with Crippen LogP contribution in [0, 0.1) is 0 Å². The lowest BCUT2D eigenvalue weighted by molar-refractivity contribution is 0.0664. The van der Waals surface area contributed by atoms with Crippen LogP contribution in [0.15, 0.2) is 33.8 Å². The van der Waals surface area contributed by atoms with E-state index in [1.54, 1.807) is 29.3 Å². The highest BCUT2D eigenvalue weighted by Gasteiger charge is 2.35. The number of sulfonamides is 1. The number of rotatable bonds is 3. The Morgan fingerprint density at radius 1 is 1.16 bits per heavy atom. The maximum Gasteiger partial charge on any atom is 0.261 e. The van der Waals surface area contributed by atoms with Crippen molar-refractivity contribution >= 4 is 54.9 Å². The Labute approximate surface area is 152 Å². The van der Waals surface area contributed by atoms with Gasteiger partial charge in [-0.15, -0.1) is 4.40 Å². The van der Waals surface area contributed by atoms with Crippen LogP contribution in [0.5, 0.6) is 0 Å². The van der Waals surface area contributed by atoms with Crippen molar-refractivity contribution in [1.82, 2.24) is 9.91 Å². The molecule has 0 N–H and O–H groups in total. The van der Waals surface area contributed by atoms with Gasteiger partial charge in [-0.1, -0.05) is 23.9 Å². The third-order valence-corrected chi connectivity index (χ3v) is 7.12. The number of amides is 2. The number of fused-ring (bicyclic) bond motifs is 2. The molecule has 0 aliphatic carbocycles. The maximum absolute atomic E-state index is 12.3. The number of benzene rings is 1. The van der Waals surface area contributed by atoms with E-state index in [0.717, 1.165) is 0 Å². The Kier molecular flexibility index (Phi) is 4.08. The highest BCUT2D eigenvalue weighted by atomic mass is 32.2. The summed E-state index contributed by atoms with van der Waals surface area (Å²) in [5, 5.41) is 6.23. The Bertz CT molecular complexity index is 906. The van der Waals surface area contributed by atoms with Crippen molar-refractivity contribution in [2.45, 2.75) is 0 Å². The third-order valence-electron chi connectivity index (χ3n) is 3.80. The SMILES string of the molecule is O=C1c2ccccc2C(=O)N1CCSC1=NN2CCS(=O)(=O)N=C2S1. The first-order valence-electron chi connectivity index (χ1n) is 7.39. The van der Waals surface area contributed by atoms with E-state index in [0.29, 0.717) is 26.4 Å². The fourth-order valence-electron chi connectivity index (χ4n) is 2.60. The van der Waals surface area contributed by atoms with Crippen LogP contribution in [0.1, 0.15) is 20.7 Å². The Hall–Kier alpha value is -1.85. The molecule has 0 spiro atoms. The molecule has 0 bridgehead atoms. The van der Waals surface area contributed by atoms with Crippen LogP contribution in [0.2, 0.25) is 0 Å². The van der Waals surface area contributed by atoms with Crippen LogP contribution in [0.4, 0.5) is 0 Å². The number of hydrogen-bond donors (Lipinski definition) is 0. The molecule has 3 aliphatic rings. The lowest BCUT2D eigenvalue weighted by Gasteiger charge is -2.16. The van der Waals surface area contributed by atoms with E-state index in [2.05, 4.69) is 9.50 Å². The average molecular weight is 396 g/mol. The van der Waals surface area contributed by atoms with Crippen molar-refractivity contribution in [3.8, 4) is 0 Å². The average Bonchev–Trinajstić information content (AvgIpc) is 3.08. The minimum absolute atomic E-state index is 0.0481. The van der Waals surface area contributed by atoms with Crippen LogP contribution in [-0.2, 0) is 10.0 Å². The van der Waals surface area contributed by atoms with Crippen LogP contribution < -0.4 is 0 Å². The number of carbonyl (C=O) groups is 2. The van der Waals surface area contributed by atoms with E-state index in [9.17, 15) is 18.0 Å². The summed E-state index contributed by atoms with van der Waals surface area (Å²) in [7, 11) is -3.39. The molecule has 0 atom stereocenters. The van der Waals surface area contributed by atoms with Crippen molar-refractivity contribution in [2.24, 2.45) is 9.50 Å². The predicted octanol–water partition coefficient (Wildman–Crippen LogP) is 1.04. The van der Waals surface area contributed by atoms with Crippen LogP contribution in [0.25, 0.3) is 0 Å². The number of hydrogen-bond acceptors (Lipinski definition) is 8. The highest BCUT2D eigenvalue weighted by molar-refractivity contribution is 8.45. The fraction of sp³-hybridized carbons (Fsp3) is 0.286. The molecular formula is C14H12N4O4S3. The van der Waals surface area contributed by atoms with Gasteiger partial charge in [0, 0.05) is 12.3 Å². The Balaban J connectivity index is 1.37. The monoisotopic (exact) mass is 396 g/mol. The molecule has 1 aromatic rings. The first-order chi connectivity index (χ1) is 11.9. The molecule has 3 aliphatic heterocycles. The number of amidine groups is 1. The summed E-state index contributed by atoms with van der Waals surface area (Å²) in [5.41, 5.74) is 0.864. The highest BCUT2D eigenvalue weighted by Crippen LogP contribution is 2.31. The zero-order valence-electron chi connectivity index (χ0n) is 12.8. The first-order valence-corrected chi connectivity index (χ1v) is 10.8. The molecule has 8 nitrogen and oxygen atoms in total. The minimum Gasteiger partial charge on any atom is -0.273 e. The molecule has 0 saturated carbocycles. The molecule has 0 unspecified atom stereocenters. The van der Waals surface area contributed by atoms with Crippen molar-refractivity contribution in [1.29, 1.82) is 0 Å². The molecule has 0 fully saturated rings. The normalized spacial score (nSPS) is 21.1. The van der Waals surface area contributed by atoms with Gasteiger partial charge in [-0.05, 0) is 23.9 Å². The number of imide groups is 1. The number of thioether (sulfide) groups is 2. The van der Waals surface area contributed by atoms with Crippen molar-refractivity contribution in [3.05, 3.63) is 35.4 Å². The van der Waals surface area contributed by atoms with Gasteiger partial charge in [-0.3, -0.25) is 14.5 Å². The van der Waals surface area contributed by atoms with Gasteiger partial charge in [-0.2, -0.15) is 5.10 Å². The second-order valence-electron chi connectivity index (χ2n) is 5.41. The largest absolute Gasteiger partial charge is 0.273 e. The van der Waals surface area contributed by atoms with E-state index in [1.165, 1.54) is 28.4 Å². The van der Waals surface area contributed by atoms with Gasteiger partial charge in [0.15, 0.2) is 4.38 Å². The van der Waals surface area contributed by atoms with E-state index < -0.39 is 10.0 Å². The summed E-state index contributed by atoms with van der Waals surface area (Å²) < 4.78 is 27.4. The Morgan fingerprint density at radius 2 is 1.84 bits per heavy atom. The second-order valence-corrected chi connectivity index (χ2v) is 9.46. The Morgan fingerprint density at radius 3 is 2.52 bits per heavy atom. The molecule has 2 amide bonds. The zero-order valence-corrected chi connectivity index (χ0v) is 15.2. The fourth-order valence-corrected chi connectivity index (χ4v) is 5.76. The minimum atomic E-state index is -3.39. The van der Waals surface area contributed by atoms with Crippen LogP contribution in [0.3, 0.4) is 0 Å². The van der Waals surface area contributed by atoms with Gasteiger partial charge >= 0.3 is 0 Å². The molecule has 0 saturated heterocycles. The summed E-state index contributed by atoms with van der Waals surface area (Å²) in [6.07, 6.45) is 0. The van der Waals surface area contributed by atoms with Crippen LogP contribution in [-0.4, -0.2) is 64.3 Å². The van der Waals surface area contributed by atoms with Crippen molar-refractivity contribution in [3.63, 3.8) is 0 Å². The van der Waals surface area contributed by atoms with E-state index in [1.807, 2.05) is 0 Å². The first kappa shape index (κ1) is 16.6. The predicted molar refractivity (Wildman–Crippen MR) is 97.2 cm³/mol. The third kappa shape index (κ3) is 3.07. The second kappa shape index (κ2) is 6.15. The van der Waals surface area contributed by atoms with Gasteiger partial charge in [0.1, 0.15) is 0 Å².